The largest absolute Gasteiger partial charge is 0.490 e. The highest BCUT2D eigenvalue weighted by Crippen LogP contribution is 2.34. The molecule has 0 saturated carbocycles. The number of aryl methyl sites for hydroxylation is 2. The summed E-state index contributed by atoms with van der Waals surface area (Å²) >= 11 is 1.57. The van der Waals surface area contributed by atoms with Crippen molar-refractivity contribution in [2.75, 3.05) is 38.5 Å². The molecule has 0 bridgehead atoms. The van der Waals surface area contributed by atoms with E-state index in [1.807, 2.05) is 63.5 Å². The van der Waals surface area contributed by atoms with E-state index in [-0.39, 0.29) is 61.7 Å². The lowest BCUT2D eigenvalue weighted by Gasteiger charge is -2.35. The number of carbonyl (C=O) groups is 4. The predicted molar refractivity (Wildman–Crippen MR) is 260 cm³/mol. The summed E-state index contributed by atoms with van der Waals surface area (Å²) in [6.45, 7) is 15.2. The number of likely N-dealkylation sites (tertiary alicyclic amines) is 1. The Kier molecular flexibility index (Phi) is 17.5. The third-order valence-electron chi connectivity index (χ3n) is 11.4. The van der Waals surface area contributed by atoms with E-state index >= 15 is 0 Å². The van der Waals surface area contributed by atoms with Gasteiger partial charge in [0.05, 0.1) is 35.0 Å². The van der Waals surface area contributed by atoms with E-state index in [0.717, 1.165) is 21.7 Å². The number of hydrogen-bond donors (Lipinski definition) is 7. The van der Waals surface area contributed by atoms with Crippen LogP contribution < -0.4 is 31.7 Å². The minimum absolute atomic E-state index is 0.0209. The maximum Gasteiger partial charge on any atom is 0.246 e. The molecule has 8 N–H and O–H groups in total. The summed E-state index contributed by atoms with van der Waals surface area (Å²) in [5, 5.41) is 40.4. The molecule has 1 fully saturated rings. The second-order valence-electron chi connectivity index (χ2n) is 18.6. The topological polar surface area (TPSA) is 278 Å². The first-order valence-corrected chi connectivity index (χ1v) is 24.1. The van der Waals surface area contributed by atoms with Gasteiger partial charge in [-0.15, -0.1) is 11.3 Å². The number of aliphatic hydroxyl groups excluding tert-OH is 1. The third-order valence-corrected chi connectivity index (χ3v) is 12.4. The Labute approximate surface area is 405 Å². The van der Waals surface area contributed by atoms with Crippen molar-refractivity contribution in [2.45, 2.75) is 124 Å². The van der Waals surface area contributed by atoms with Crippen LogP contribution in [0.3, 0.4) is 0 Å². The molecule has 4 amide bonds. The van der Waals surface area contributed by atoms with Crippen LogP contribution in [0.1, 0.15) is 97.0 Å². The van der Waals surface area contributed by atoms with Crippen molar-refractivity contribution >= 4 is 51.8 Å². The number of aromatic nitrogens is 6. The average Bonchev–Trinajstić information content (AvgIpc) is 4.11. The van der Waals surface area contributed by atoms with Gasteiger partial charge in [0.25, 0.3) is 0 Å². The first-order chi connectivity index (χ1) is 32.8. The number of β-amino-alcohol motifs (C(OH)–C–C–N with tert-alkyl or cyclic N) is 1. The molecule has 3 atom stereocenters. The lowest BCUT2D eigenvalue weighted by molar-refractivity contribution is -0.144. The minimum Gasteiger partial charge on any atom is -0.490 e. The van der Waals surface area contributed by atoms with Gasteiger partial charge in [0.15, 0.2) is 23.1 Å². The van der Waals surface area contributed by atoms with Gasteiger partial charge in [0, 0.05) is 45.4 Å². The van der Waals surface area contributed by atoms with Crippen molar-refractivity contribution in [1.82, 2.24) is 56.0 Å². The van der Waals surface area contributed by atoms with Gasteiger partial charge >= 0.3 is 0 Å². The lowest BCUT2D eigenvalue weighted by Crippen LogP contribution is -2.57. The van der Waals surface area contributed by atoms with Gasteiger partial charge in [-0.25, -0.2) is 19.6 Å². The summed E-state index contributed by atoms with van der Waals surface area (Å²) in [5.74, 6) is 5.40. The van der Waals surface area contributed by atoms with E-state index in [1.165, 1.54) is 4.90 Å². The van der Waals surface area contributed by atoms with Gasteiger partial charge < -0.3 is 51.4 Å². The molecule has 21 heteroatoms. The number of nitrogens with zero attached hydrogens (tertiary/aromatic N) is 7. The van der Waals surface area contributed by atoms with Crippen LogP contribution in [0.2, 0.25) is 0 Å². The Morgan fingerprint density at radius 3 is 2.39 bits per heavy atom. The van der Waals surface area contributed by atoms with Crippen LogP contribution in [0, 0.1) is 24.2 Å². The van der Waals surface area contributed by atoms with Crippen LogP contribution in [0.15, 0.2) is 40.6 Å². The molecule has 5 aromatic rings. The molecule has 3 unspecified atom stereocenters. The fourth-order valence-electron chi connectivity index (χ4n) is 7.82. The van der Waals surface area contributed by atoms with Gasteiger partial charge in [0.2, 0.25) is 23.6 Å². The Bertz CT molecular complexity index is 2640. The first-order valence-electron chi connectivity index (χ1n) is 23.2. The van der Waals surface area contributed by atoms with Crippen LogP contribution in [0.4, 0.5) is 5.82 Å². The highest BCUT2D eigenvalue weighted by Gasteiger charge is 2.44. The summed E-state index contributed by atoms with van der Waals surface area (Å²) in [6.07, 6.45) is 2.79. The number of nitrogen functional groups attached to an aromatic ring is 1. The molecule has 5 heterocycles. The van der Waals surface area contributed by atoms with E-state index in [0.29, 0.717) is 80.2 Å². The smallest absolute Gasteiger partial charge is 0.246 e. The van der Waals surface area contributed by atoms with E-state index in [2.05, 4.69) is 53.4 Å². The third kappa shape index (κ3) is 13.8. The van der Waals surface area contributed by atoms with Gasteiger partial charge in [-0.3, -0.25) is 19.2 Å². The van der Waals surface area contributed by atoms with Gasteiger partial charge in [0.1, 0.15) is 34.4 Å². The molecule has 6 rings (SSSR count). The number of carbonyl (C=O) groups excluding carboxylic acids is 4. The molecular formula is C48H64N12O8S. The molecule has 1 aromatic carbocycles. The summed E-state index contributed by atoms with van der Waals surface area (Å²) in [5.41, 5.74) is 10.5. The fraction of sp³-hybridized carbons (Fsp3) is 0.521. The van der Waals surface area contributed by atoms with Crippen molar-refractivity contribution in [2.24, 2.45) is 5.41 Å². The van der Waals surface area contributed by atoms with Crippen LogP contribution in [0.5, 0.6) is 5.75 Å². The highest BCUT2D eigenvalue weighted by molar-refractivity contribution is 7.13. The Balaban J connectivity index is 0.890. The number of fused-ring (bicyclic) bond motifs is 1. The van der Waals surface area contributed by atoms with Crippen molar-refractivity contribution in [3.8, 4) is 39.5 Å². The molecule has 1 aliphatic rings. The Morgan fingerprint density at radius 2 is 1.72 bits per heavy atom. The van der Waals surface area contributed by atoms with Crippen molar-refractivity contribution in [3.63, 3.8) is 0 Å². The summed E-state index contributed by atoms with van der Waals surface area (Å²) in [4.78, 5) is 69.2. The molecule has 4 aromatic heterocycles. The van der Waals surface area contributed by atoms with Crippen molar-refractivity contribution in [3.05, 3.63) is 52.9 Å². The number of imidazole rings is 1. The second kappa shape index (κ2) is 23.2. The number of rotatable bonds is 21. The number of pyridine rings is 1. The zero-order chi connectivity index (χ0) is 49.9. The Morgan fingerprint density at radius 1 is 1.00 bits per heavy atom. The number of benzene rings is 1. The van der Waals surface area contributed by atoms with E-state index in [1.54, 1.807) is 36.9 Å². The van der Waals surface area contributed by atoms with Crippen molar-refractivity contribution in [1.29, 1.82) is 0 Å². The van der Waals surface area contributed by atoms with Gasteiger partial charge in [-0.1, -0.05) is 51.0 Å². The normalized spacial score (nSPS) is 15.4. The summed E-state index contributed by atoms with van der Waals surface area (Å²) in [7, 11) is 0. The quantitative estimate of drug-likeness (QED) is 0.0410. The molecule has 1 aliphatic heterocycles. The van der Waals surface area contributed by atoms with E-state index in [9.17, 15) is 29.4 Å². The van der Waals surface area contributed by atoms with Crippen LogP contribution in [-0.4, -0.2) is 125 Å². The monoisotopic (exact) mass is 968 g/mol. The predicted octanol–water partition coefficient (Wildman–Crippen LogP) is 3.48. The maximum atomic E-state index is 14.0. The average molecular weight is 969 g/mol. The molecular weight excluding hydrogens is 905 g/mol. The molecule has 0 aliphatic carbocycles. The second-order valence-corrected chi connectivity index (χ2v) is 19.5. The lowest BCUT2D eigenvalue weighted by atomic mass is 9.85. The number of nitrogens with one attached hydrogen (secondary N) is 4. The number of aliphatic hydroxyl groups is 2. The number of thiazole rings is 1. The molecule has 0 spiro atoms. The van der Waals surface area contributed by atoms with Crippen LogP contribution in [0.25, 0.3) is 33.0 Å². The standard InChI is InChI=1S/C48H64N12O8S/c1-8-59-40-35(26-52-33(18-19-48(6,7)66)38(40)56-44(59)39-43(49)58-68-57-39)67-23-11-21-50-20-9-12-36(62)51-22-10-13-37(63)55-42(47(3,4)5)46(65)60-27-32(61)24-34(60)45(64)53-25-30-14-16-31(17-15-30)41-29(2)54-28-69-41/h14-17,26,28,32,34,42,50,61,66H,8-13,20-25,27H2,1-7H3,(H2,49,58)(H,51,62)(H,53,64)(H,55,63). The zero-order valence-electron chi connectivity index (χ0n) is 40.3. The van der Waals surface area contributed by atoms with Crippen molar-refractivity contribution < 1.29 is 38.8 Å². The number of nitrogens with two attached hydrogens (primary N) is 1. The number of hydrogen-bond acceptors (Lipinski definition) is 16. The Hall–Kier alpha value is -6.47. The SMILES string of the molecule is CCn1c(-c2nonc2N)nc2c(C#CC(C)(C)O)ncc(OCCCNCCCC(=O)NCCCC(=O)NC(C(=O)N3CC(O)CC3C(=O)NCc3ccc(-c4scnc4C)cc3)C(C)(C)C)c21. The van der Waals surface area contributed by atoms with Gasteiger partial charge in [-0.05, 0) is 92.8 Å². The fourth-order valence-corrected chi connectivity index (χ4v) is 8.63. The summed E-state index contributed by atoms with van der Waals surface area (Å²) < 4.78 is 12.9. The highest BCUT2D eigenvalue weighted by atomic mass is 32.1. The van der Waals surface area contributed by atoms with E-state index in [4.69, 9.17) is 20.1 Å². The number of amides is 4. The van der Waals surface area contributed by atoms with Gasteiger partial charge in [-0.2, -0.15) is 0 Å². The number of anilines is 1. The van der Waals surface area contributed by atoms with Crippen LogP contribution >= 0.6 is 11.3 Å². The van der Waals surface area contributed by atoms with E-state index < -0.39 is 35.1 Å². The zero-order valence-corrected chi connectivity index (χ0v) is 41.2. The number of ether oxygens (including phenoxy) is 1. The summed E-state index contributed by atoms with van der Waals surface area (Å²) in [6, 6.07) is 6.01. The molecule has 69 heavy (non-hydrogen) atoms. The minimum atomic E-state index is -1.24. The van der Waals surface area contributed by atoms with Crippen LogP contribution in [-0.2, 0) is 32.3 Å². The molecule has 1 saturated heterocycles. The molecule has 0 radical (unpaired) electrons. The maximum absolute atomic E-state index is 14.0. The molecule has 20 nitrogen and oxygen atoms in total. The molecule has 370 valence electrons. The first kappa shape index (κ1) is 51.9.